The van der Waals surface area contributed by atoms with Crippen molar-refractivity contribution in [3.05, 3.63) is 66.2 Å². The van der Waals surface area contributed by atoms with Crippen molar-refractivity contribution in [1.82, 2.24) is 0 Å². The molecule has 0 aromatic heterocycles. The second kappa shape index (κ2) is 5.01. The number of para-hydroxylation sites is 1. The van der Waals surface area contributed by atoms with Gasteiger partial charge in [0, 0.05) is 6.08 Å². The van der Waals surface area contributed by atoms with Crippen molar-refractivity contribution in [3.8, 4) is 11.5 Å². The molecule has 0 saturated heterocycles. The Labute approximate surface area is 115 Å². The zero-order valence-corrected chi connectivity index (χ0v) is 10.4. The van der Waals surface area contributed by atoms with Crippen LogP contribution in [0.25, 0.3) is 5.57 Å². The molecule has 20 heavy (non-hydrogen) atoms. The summed E-state index contributed by atoms with van der Waals surface area (Å²) in [6.45, 7) is 0. The molecule has 0 bridgehead atoms. The third-order valence-electron chi connectivity index (χ3n) is 2.82. The quantitative estimate of drug-likeness (QED) is 0.633. The van der Waals surface area contributed by atoms with Gasteiger partial charge < -0.3 is 9.47 Å². The number of hydrogen-bond donors (Lipinski definition) is 0. The first-order valence-corrected chi connectivity index (χ1v) is 6.03. The van der Waals surface area contributed by atoms with Crippen molar-refractivity contribution in [1.29, 1.82) is 0 Å². The first kappa shape index (κ1) is 12.2. The molecule has 0 spiro atoms. The average Bonchev–Trinajstić information content (AvgIpc) is 2.80. The van der Waals surface area contributed by atoms with Crippen LogP contribution < -0.4 is 4.74 Å². The van der Waals surface area contributed by atoms with E-state index in [2.05, 4.69) is 4.74 Å². The van der Waals surface area contributed by atoms with E-state index < -0.39 is 11.9 Å². The number of carbonyl (C=O) groups is 2. The second-order valence-corrected chi connectivity index (χ2v) is 4.21. The van der Waals surface area contributed by atoms with Gasteiger partial charge in [0.2, 0.25) is 0 Å². The molecule has 0 fully saturated rings. The Balaban J connectivity index is 1.80. The monoisotopic (exact) mass is 266 g/mol. The summed E-state index contributed by atoms with van der Waals surface area (Å²) in [4.78, 5) is 22.4. The second-order valence-electron chi connectivity index (χ2n) is 4.21. The van der Waals surface area contributed by atoms with Gasteiger partial charge in [-0.05, 0) is 29.8 Å². The maximum absolute atomic E-state index is 11.4. The van der Waals surface area contributed by atoms with Crippen molar-refractivity contribution in [2.45, 2.75) is 0 Å². The van der Waals surface area contributed by atoms with Crippen LogP contribution in [-0.2, 0) is 14.3 Å². The molecule has 4 nitrogen and oxygen atoms in total. The van der Waals surface area contributed by atoms with Gasteiger partial charge in [0.05, 0.1) is 5.57 Å². The van der Waals surface area contributed by atoms with Crippen LogP contribution in [0.1, 0.15) is 5.56 Å². The van der Waals surface area contributed by atoms with E-state index in [0.717, 1.165) is 5.75 Å². The normalized spacial score (nSPS) is 13.9. The molecule has 2 aromatic rings. The van der Waals surface area contributed by atoms with Gasteiger partial charge in [-0.15, -0.1) is 0 Å². The first-order valence-electron chi connectivity index (χ1n) is 6.03. The maximum Gasteiger partial charge on any atom is 0.346 e. The van der Waals surface area contributed by atoms with Crippen molar-refractivity contribution in [2.24, 2.45) is 0 Å². The smallest absolute Gasteiger partial charge is 0.346 e. The lowest BCUT2D eigenvalue weighted by molar-refractivity contribution is -0.149. The van der Waals surface area contributed by atoms with Crippen LogP contribution in [0.15, 0.2) is 60.7 Å². The lowest BCUT2D eigenvalue weighted by atomic mass is 10.1. The van der Waals surface area contributed by atoms with E-state index in [1.807, 2.05) is 30.3 Å². The van der Waals surface area contributed by atoms with Crippen LogP contribution in [-0.4, -0.2) is 11.9 Å². The topological polar surface area (TPSA) is 52.6 Å². The number of cyclic esters (lactones) is 2. The zero-order valence-electron chi connectivity index (χ0n) is 10.4. The minimum atomic E-state index is -0.630. The van der Waals surface area contributed by atoms with E-state index in [9.17, 15) is 9.59 Å². The van der Waals surface area contributed by atoms with Crippen LogP contribution in [0.3, 0.4) is 0 Å². The Morgan fingerprint density at radius 3 is 2.05 bits per heavy atom. The maximum atomic E-state index is 11.4. The van der Waals surface area contributed by atoms with Gasteiger partial charge >= 0.3 is 11.9 Å². The Bertz CT molecular complexity index is 684. The largest absolute Gasteiger partial charge is 0.457 e. The Morgan fingerprint density at radius 2 is 1.45 bits per heavy atom. The molecule has 1 aliphatic heterocycles. The molecule has 0 saturated carbocycles. The number of esters is 2. The Hall–Kier alpha value is -2.88. The molecule has 98 valence electrons. The summed E-state index contributed by atoms with van der Waals surface area (Å²) in [5.41, 5.74) is 0.891. The SMILES string of the molecule is O=C1C=C(c2ccc(Oc3ccccc3)cc2)C(=O)O1. The van der Waals surface area contributed by atoms with Gasteiger partial charge in [0.25, 0.3) is 0 Å². The van der Waals surface area contributed by atoms with Gasteiger partial charge in [-0.2, -0.15) is 0 Å². The fraction of sp³-hybridized carbons (Fsp3) is 0. The highest BCUT2D eigenvalue weighted by atomic mass is 16.6. The highest BCUT2D eigenvalue weighted by molar-refractivity contribution is 6.28. The Morgan fingerprint density at radius 1 is 0.800 bits per heavy atom. The van der Waals surface area contributed by atoms with Crippen molar-refractivity contribution < 1.29 is 19.1 Å². The summed E-state index contributed by atoms with van der Waals surface area (Å²) in [7, 11) is 0. The minimum absolute atomic E-state index is 0.265. The molecule has 3 rings (SSSR count). The van der Waals surface area contributed by atoms with Crippen LogP contribution in [0.5, 0.6) is 11.5 Å². The van der Waals surface area contributed by atoms with Gasteiger partial charge in [0.15, 0.2) is 0 Å². The number of hydrogen-bond acceptors (Lipinski definition) is 4. The minimum Gasteiger partial charge on any atom is -0.457 e. The molecule has 0 amide bonds. The predicted octanol–water partition coefficient (Wildman–Crippen LogP) is 2.95. The summed E-state index contributed by atoms with van der Waals surface area (Å²) < 4.78 is 10.1. The third-order valence-corrected chi connectivity index (χ3v) is 2.82. The summed E-state index contributed by atoms with van der Waals surface area (Å²) in [5.74, 6) is 0.134. The van der Waals surface area contributed by atoms with E-state index in [0.29, 0.717) is 11.3 Å². The van der Waals surface area contributed by atoms with E-state index >= 15 is 0 Å². The van der Waals surface area contributed by atoms with E-state index in [1.165, 1.54) is 6.08 Å². The van der Waals surface area contributed by atoms with Crippen LogP contribution >= 0.6 is 0 Å². The third kappa shape index (κ3) is 2.44. The summed E-state index contributed by atoms with van der Waals surface area (Å²) >= 11 is 0. The molecule has 0 unspecified atom stereocenters. The number of carbonyl (C=O) groups excluding carboxylic acids is 2. The van der Waals surface area contributed by atoms with E-state index in [1.54, 1.807) is 24.3 Å². The van der Waals surface area contributed by atoms with Gasteiger partial charge in [-0.25, -0.2) is 9.59 Å². The molecule has 0 atom stereocenters. The highest BCUT2D eigenvalue weighted by Gasteiger charge is 2.24. The van der Waals surface area contributed by atoms with Crippen LogP contribution in [0, 0.1) is 0 Å². The predicted molar refractivity (Wildman–Crippen MR) is 72.0 cm³/mol. The lowest BCUT2D eigenvalue weighted by Crippen LogP contribution is -2.01. The molecule has 1 heterocycles. The van der Waals surface area contributed by atoms with Gasteiger partial charge in [-0.3, -0.25) is 0 Å². The summed E-state index contributed by atoms with van der Waals surface area (Å²) in [6, 6.07) is 16.3. The molecule has 4 heteroatoms. The Kier molecular flexibility index (Phi) is 3.05. The fourth-order valence-corrected chi connectivity index (χ4v) is 1.88. The lowest BCUT2D eigenvalue weighted by Gasteiger charge is -2.06. The zero-order chi connectivity index (χ0) is 13.9. The van der Waals surface area contributed by atoms with Gasteiger partial charge in [-0.1, -0.05) is 30.3 Å². The molecule has 0 radical (unpaired) electrons. The fourth-order valence-electron chi connectivity index (χ4n) is 1.88. The average molecular weight is 266 g/mol. The van der Waals surface area contributed by atoms with E-state index in [-0.39, 0.29) is 5.57 Å². The summed E-state index contributed by atoms with van der Waals surface area (Å²) in [5, 5.41) is 0. The molecule has 0 N–H and O–H groups in total. The first-order chi connectivity index (χ1) is 9.72. The highest BCUT2D eigenvalue weighted by Crippen LogP contribution is 2.26. The van der Waals surface area contributed by atoms with Gasteiger partial charge in [0.1, 0.15) is 11.5 Å². The van der Waals surface area contributed by atoms with Crippen molar-refractivity contribution >= 4 is 17.5 Å². The number of ether oxygens (including phenoxy) is 2. The molecule has 0 aliphatic carbocycles. The standard InChI is InChI=1S/C16H10O4/c17-15-10-14(16(18)20-15)11-6-8-13(9-7-11)19-12-4-2-1-3-5-12/h1-10H. The molecular weight excluding hydrogens is 256 g/mol. The molecular formula is C16H10O4. The summed E-state index contributed by atoms with van der Waals surface area (Å²) in [6.07, 6.45) is 1.19. The van der Waals surface area contributed by atoms with Crippen LogP contribution in [0.4, 0.5) is 0 Å². The number of benzene rings is 2. The molecule has 2 aromatic carbocycles. The number of rotatable bonds is 3. The molecule has 1 aliphatic rings. The van der Waals surface area contributed by atoms with Crippen LogP contribution in [0.2, 0.25) is 0 Å². The van der Waals surface area contributed by atoms with E-state index in [4.69, 9.17) is 4.74 Å². The van der Waals surface area contributed by atoms with Crippen molar-refractivity contribution in [3.63, 3.8) is 0 Å². The van der Waals surface area contributed by atoms with Crippen molar-refractivity contribution in [2.75, 3.05) is 0 Å².